The van der Waals surface area contributed by atoms with E-state index in [-0.39, 0.29) is 12.2 Å². The number of rotatable bonds is 9. The van der Waals surface area contributed by atoms with E-state index in [1.165, 1.54) is 19.1 Å². The van der Waals surface area contributed by atoms with Crippen molar-refractivity contribution < 1.29 is 34.5 Å². The van der Waals surface area contributed by atoms with Gasteiger partial charge in [-0.3, -0.25) is 19.2 Å². The van der Waals surface area contributed by atoms with Crippen molar-refractivity contribution in [2.24, 2.45) is 5.73 Å². The quantitative estimate of drug-likeness (QED) is 0.315. The van der Waals surface area contributed by atoms with E-state index in [0.29, 0.717) is 5.56 Å². The van der Waals surface area contributed by atoms with E-state index >= 15 is 0 Å². The third-order valence-corrected chi connectivity index (χ3v) is 3.47. The minimum Gasteiger partial charge on any atom is -0.508 e. The summed E-state index contributed by atoms with van der Waals surface area (Å²) in [6.45, 7) is 1.20. The smallest absolute Gasteiger partial charge is 0.325 e. The van der Waals surface area contributed by atoms with Gasteiger partial charge in [0.1, 0.15) is 17.8 Å². The molecule has 1 rings (SSSR count). The number of nitrogens with two attached hydrogens (primary N) is 1. The van der Waals surface area contributed by atoms with Crippen molar-refractivity contribution >= 4 is 23.8 Å². The van der Waals surface area contributed by atoms with Gasteiger partial charge in [-0.15, -0.1) is 0 Å². The molecule has 10 heteroatoms. The highest BCUT2D eigenvalue weighted by Crippen LogP contribution is 2.11. The van der Waals surface area contributed by atoms with Crippen molar-refractivity contribution in [1.82, 2.24) is 10.6 Å². The molecule has 0 fully saturated rings. The molecule has 1 aromatic carbocycles. The van der Waals surface area contributed by atoms with Gasteiger partial charge >= 0.3 is 11.9 Å². The van der Waals surface area contributed by atoms with Crippen molar-refractivity contribution in [3.63, 3.8) is 0 Å². The van der Waals surface area contributed by atoms with Crippen LogP contribution in [0.15, 0.2) is 24.3 Å². The standard InChI is InChI=1S/C16H21N3O7/c1-8(16(25)26)18-15(24)12(7-13(21)22)19-14(23)11(17)6-9-2-4-10(20)5-3-9/h2-5,8,11-12,20H,6-7,17H2,1H3,(H,18,24)(H,19,23)(H,21,22)(H,25,26). The highest BCUT2D eigenvalue weighted by Gasteiger charge is 2.28. The summed E-state index contributed by atoms with van der Waals surface area (Å²) < 4.78 is 0. The lowest BCUT2D eigenvalue weighted by Gasteiger charge is -2.20. The Morgan fingerprint density at radius 3 is 2.12 bits per heavy atom. The molecule has 1 aromatic rings. The number of amides is 2. The van der Waals surface area contributed by atoms with E-state index in [1.54, 1.807) is 12.1 Å². The Balaban J connectivity index is 2.74. The first-order valence-electron chi connectivity index (χ1n) is 7.69. The number of phenolic OH excluding ortho intramolecular Hbond substituents is 1. The summed E-state index contributed by atoms with van der Waals surface area (Å²) in [5.41, 5.74) is 6.42. The Labute approximate surface area is 149 Å². The third-order valence-electron chi connectivity index (χ3n) is 3.47. The number of phenols is 1. The van der Waals surface area contributed by atoms with Crippen LogP contribution in [0.2, 0.25) is 0 Å². The second-order valence-electron chi connectivity index (χ2n) is 5.70. The van der Waals surface area contributed by atoms with Crippen molar-refractivity contribution in [2.75, 3.05) is 0 Å². The van der Waals surface area contributed by atoms with E-state index in [0.717, 1.165) is 0 Å². The summed E-state index contributed by atoms with van der Waals surface area (Å²) in [6, 6.07) is 2.20. The number of hydrogen-bond acceptors (Lipinski definition) is 6. The highest BCUT2D eigenvalue weighted by atomic mass is 16.4. The SMILES string of the molecule is CC(NC(=O)C(CC(=O)O)NC(=O)C(N)Cc1ccc(O)cc1)C(=O)O. The van der Waals surface area contributed by atoms with Gasteiger partial charge in [-0.2, -0.15) is 0 Å². The number of carboxylic acid groups (broad SMARTS) is 2. The molecular weight excluding hydrogens is 346 g/mol. The summed E-state index contributed by atoms with van der Waals surface area (Å²) in [4.78, 5) is 45.9. The van der Waals surface area contributed by atoms with Crippen LogP contribution in [0, 0.1) is 0 Å². The number of aliphatic carboxylic acids is 2. The molecule has 0 aromatic heterocycles. The summed E-state index contributed by atoms with van der Waals surface area (Å²) in [6.07, 6.45) is -0.630. The molecule has 0 spiro atoms. The zero-order valence-corrected chi connectivity index (χ0v) is 14.0. The van der Waals surface area contributed by atoms with E-state index < -0.39 is 48.3 Å². The fourth-order valence-electron chi connectivity index (χ4n) is 2.02. The second-order valence-corrected chi connectivity index (χ2v) is 5.70. The van der Waals surface area contributed by atoms with Gasteiger partial charge in [0.05, 0.1) is 12.5 Å². The lowest BCUT2D eigenvalue weighted by atomic mass is 10.0. The summed E-state index contributed by atoms with van der Waals surface area (Å²) in [5.74, 6) is -4.30. The van der Waals surface area contributed by atoms with E-state index in [9.17, 15) is 24.3 Å². The Kier molecular flexibility index (Phi) is 7.53. The predicted octanol–water partition coefficient (Wildman–Crippen LogP) is -1.19. The summed E-state index contributed by atoms with van der Waals surface area (Å²) in [7, 11) is 0. The minimum absolute atomic E-state index is 0.0533. The maximum absolute atomic E-state index is 12.2. The molecule has 7 N–H and O–H groups in total. The van der Waals surface area contributed by atoms with Crippen LogP contribution < -0.4 is 16.4 Å². The number of benzene rings is 1. The molecule has 0 radical (unpaired) electrons. The lowest BCUT2D eigenvalue weighted by Crippen LogP contribution is -2.54. The molecule has 0 heterocycles. The Morgan fingerprint density at radius 1 is 1.04 bits per heavy atom. The fourth-order valence-corrected chi connectivity index (χ4v) is 2.02. The molecule has 0 saturated heterocycles. The molecule has 3 atom stereocenters. The maximum Gasteiger partial charge on any atom is 0.325 e. The van der Waals surface area contributed by atoms with Crippen molar-refractivity contribution in [1.29, 1.82) is 0 Å². The van der Waals surface area contributed by atoms with Crippen molar-refractivity contribution in [2.45, 2.75) is 37.9 Å². The zero-order chi connectivity index (χ0) is 19.9. The molecule has 142 valence electrons. The van der Waals surface area contributed by atoms with Gasteiger partial charge in [-0.05, 0) is 31.0 Å². The maximum atomic E-state index is 12.2. The zero-order valence-electron chi connectivity index (χ0n) is 14.0. The van der Waals surface area contributed by atoms with Crippen LogP contribution in [0.3, 0.4) is 0 Å². The van der Waals surface area contributed by atoms with E-state index in [4.69, 9.17) is 15.9 Å². The minimum atomic E-state index is -1.47. The van der Waals surface area contributed by atoms with Crippen LogP contribution in [0.25, 0.3) is 0 Å². The molecule has 2 amide bonds. The Morgan fingerprint density at radius 2 is 1.62 bits per heavy atom. The molecule has 0 saturated carbocycles. The second kappa shape index (κ2) is 9.37. The first-order chi connectivity index (χ1) is 12.1. The number of hydrogen-bond donors (Lipinski definition) is 6. The summed E-state index contributed by atoms with van der Waals surface area (Å²) in [5, 5.41) is 31.2. The van der Waals surface area contributed by atoms with Crippen LogP contribution in [0.5, 0.6) is 5.75 Å². The van der Waals surface area contributed by atoms with Crippen LogP contribution in [0.4, 0.5) is 0 Å². The highest BCUT2D eigenvalue weighted by molar-refractivity contribution is 5.93. The van der Waals surface area contributed by atoms with Crippen LogP contribution in [-0.2, 0) is 25.6 Å². The van der Waals surface area contributed by atoms with Gasteiger partial charge in [0.25, 0.3) is 0 Å². The first-order valence-corrected chi connectivity index (χ1v) is 7.69. The number of aromatic hydroxyl groups is 1. The molecule has 10 nitrogen and oxygen atoms in total. The van der Waals surface area contributed by atoms with Gasteiger partial charge in [-0.1, -0.05) is 12.1 Å². The van der Waals surface area contributed by atoms with Crippen LogP contribution >= 0.6 is 0 Å². The summed E-state index contributed by atoms with van der Waals surface area (Å²) >= 11 is 0. The van der Waals surface area contributed by atoms with Gasteiger partial charge in [0, 0.05) is 0 Å². The van der Waals surface area contributed by atoms with Crippen molar-refractivity contribution in [3.8, 4) is 5.75 Å². The van der Waals surface area contributed by atoms with Crippen LogP contribution in [0.1, 0.15) is 18.9 Å². The van der Waals surface area contributed by atoms with Crippen molar-refractivity contribution in [3.05, 3.63) is 29.8 Å². The average molecular weight is 367 g/mol. The number of nitrogens with one attached hydrogen (secondary N) is 2. The molecule has 0 aliphatic rings. The third kappa shape index (κ3) is 6.77. The monoisotopic (exact) mass is 367 g/mol. The Hall–Kier alpha value is -3.14. The number of carbonyl (C=O) groups excluding carboxylic acids is 2. The molecule has 0 aliphatic carbocycles. The van der Waals surface area contributed by atoms with Crippen LogP contribution in [-0.4, -0.2) is 57.2 Å². The largest absolute Gasteiger partial charge is 0.508 e. The van der Waals surface area contributed by atoms with E-state index in [1.807, 2.05) is 0 Å². The van der Waals surface area contributed by atoms with Gasteiger partial charge < -0.3 is 31.7 Å². The molecule has 26 heavy (non-hydrogen) atoms. The Bertz CT molecular complexity index is 675. The van der Waals surface area contributed by atoms with Gasteiger partial charge in [0.15, 0.2) is 0 Å². The van der Waals surface area contributed by atoms with E-state index in [2.05, 4.69) is 10.6 Å². The molecule has 0 bridgehead atoms. The number of carbonyl (C=O) groups is 4. The molecule has 0 aliphatic heterocycles. The first kappa shape index (κ1) is 20.9. The lowest BCUT2D eigenvalue weighted by molar-refractivity contribution is -0.143. The van der Waals surface area contributed by atoms with Gasteiger partial charge in [-0.25, -0.2) is 0 Å². The fraction of sp³-hybridized carbons (Fsp3) is 0.375. The average Bonchev–Trinajstić information content (AvgIpc) is 2.55. The number of carboxylic acids is 2. The normalized spacial score (nSPS) is 13.9. The van der Waals surface area contributed by atoms with Gasteiger partial charge in [0.2, 0.25) is 11.8 Å². The molecular formula is C16H21N3O7. The molecule has 3 unspecified atom stereocenters. The predicted molar refractivity (Wildman–Crippen MR) is 89.2 cm³/mol. The topological polar surface area (TPSA) is 179 Å².